The van der Waals surface area contributed by atoms with Crippen molar-refractivity contribution in [2.24, 2.45) is 0 Å². The first-order valence-corrected chi connectivity index (χ1v) is 12.3. The van der Waals surface area contributed by atoms with Crippen molar-refractivity contribution >= 4 is 5.95 Å². The van der Waals surface area contributed by atoms with Gasteiger partial charge in [-0.15, -0.1) is 0 Å². The van der Waals surface area contributed by atoms with Crippen LogP contribution in [0.5, 0.6) is 5.75 Å². The Balaban J connectivity index is 1.50. The quantitative estimate of drug-likeness (QED) is 0.351. The van der Waals surface area contributed by atoms with E-state index >= 15 is 0 Å². The standard InChI is InChI=1S/C28H31FN6O/c1-4-30-28-31-15-14-24(32-28)27-26(20-8-10-21(29)11-9-20)33-25-13-12-22(35(25)27)18-34(2)17-19-6-5-7-23(16-19)36-3/h5-11,14-16,22H,4,12-13,17-18H2,1-3H3,(H,30,31,32)/t22-/m0/s1. The number of nitrogens with one attached hydrogen (secondary N) is 1. The highest BCUT2D eigenvalue weighted by atomic mass is 19.1. The van der Waals surface area contributed by atoms with E-state index in [-0.39, 0.29) is 11.9 Å². The van der Waals surface area contributed by atoms with Crippen molar-refractivity contribution in [1.29, 1.82) is 0 Å². The largest absolute Gasteiger partial charge is 0.497 e. The van der Waals surface area contributed by atoms with Gasteiger partial charge in [-0.1, -0.05) is 12.1 Å². The van der Waals surface area contributed by atoms with Crippen LogP contribution in [-0.2, 0) is 13.0 Å². The van der Waals surface area contributed by atoms with Crippen molar-refractivity contribution in [2.75, 3.05) is 32.6 Å². The summed E-state index contributed by atoms with van der Waals surface area (Å²) in [6.07, 6.45) is 3.66. The minimum atomic E-state index is -0.263. The molecule has 1 aliphatic rings. The molecule has 36 heavy (non-hydrogen) atoms. The molecule has 4 aromatic rings. The molecule has 0 aliphatic carbocycles. The van der Waals surface area contributed by atoms with Crippen molar-refractivity contribution in [3.63, 3.8) is 0 Å². The fraction of sp³-hybridized carbons (Fsp3) is 0.321. The number of nitrogens with zero attached hydrogens (tertiary/aromatic N) is 5. The van der Waals surface area contributed by atoms with Gasteiger partial charge >= 0.3 is 0 Å². The Bertz CT molecular complexity index is 1340. The van der Waals surface area contributed by atoms with Crippen LogP contribution < -0.4 is 10.1 Å². The van der Waals surface area contributed by atoms with Crippen molar-refractivity contribution in [3.05, 3.63) is 78.0 Å². The van der Waals surface area contributed by atoms with E-state index in [1.165, 1.54) is 17.7 Å². The van der Waals surface area contributed by atoms with E-state index in [2.05, 4.69) is 38.9 Å². The molecule has 2 aromatic carbocycles. The molecule has 2 aromatic heterocycles. The highest BCUT2D eigenvalue weighted by molar-refractivity contribution is 5.78. The zero-order valence-electron chi connectivity index (χ0n) is 20.9. The number of methoxy groups -OCH3 is 1. The van der Waals surface area contributed by atoms with Gasteiger partial charge in [0, 0.05) is 43.9 Å². The van der Waals surface area contributed by atoms with E-state index in [4.69, 9.17) is 14.7 Å². The molecule has 0 radical (unpaired) electrons. The summed E-state index contributed by atoms with van der Waals surface area (Å²) in [5, 5.41) is 3.20. The molecule has 186 valence electrons. The van der Waals surface area contributed by atoms with Gasteiger partial charge in [-0.05, 0) is 68.4 Å². The van der Waals surface area contributed by atoms with Gasteiger partial charge < -0.3 is 19.5 Å². The lowest BCUT2D eigenvalue weighted by Crippen LogP contribution is -2.26. The van der Waals surface area contributed by atoms with Crippen LogP contribution in [0, 0.1) is 5.82 Å². The summed E-state index contributed by atoms with van der Waals surface area (Å²) in [5.41, 5.74) is 4.67. The van der Waals surface area contributed by atoms with Crippen molar-refractivity contribution < 1.29 is 9.13 Å². The van der Waals surface area contributed by atoms with E-state index in [1.807, 2.05) is 25.1 Å². The van der Waals surface area contributed by atoms with Gasteiger partial charge in [0.05, 0.1) is 24.2 Å². The Morgan fingerprint density at radius 2 is 1.97 bits per heavy atom. The number of halogens is 1. The van der Waals surface area contributed by atoms with Crippen LogP contribution in [0.2, 0.25) is 0 Å². The third-order valence-corrected chi connectivity index (χ3v) is 6.51. The third kappa shape index (κ3) is 4.95. The molecule has 0 spiro atoms. The molecule has 0 amide bonds. The Morgan fingerprint density at radius 1 is 1.14 bits per heavy atom. The third-order valence-electron chi connectivity index (χ3n) is 6.51. The molecule has 0 unspecified atom stereocenters. The van der Waals surface area contributed by atoms with Crippen molar-refractivity contribution in [1.82, 2.24) is 24.4 Å². The molecule has 1 aliphatic heterocycles. The predicted octanol–water partition coefficient (Wildman–Crippen LogP) is 5.21. The lowest BCUT2D eigenvalue weighted by molar-refractivity contribution is 0.273. The Morgan fingerprint density at radius 3 is 2.75 bits per heavy atom. The van der Waals surface area contributed by atoms with Crippen LogP contribution >= 0.6 is 0 Å². The number of hydrogen-bond donors (Lipinski definition) is 1. The first kappa shape index (κ1) is 23.9. The fourth-order valence-corrected chi connectivity index (χ4v) is 4.94. The number of imidazole rings is 1. The summed E-state index contributed by atoms with van der Waals surface area (Å²) >= 11 is 0. The Hall–Kier alpha value is -3.78. The van der Waals surface area contributed by atoms with Gasteiger partial charge in [-0.2, -0.15) is 0 Å². The van der Waals surface area contributed by atoms with Crippen LogP contribution in [0.15, 0.2) is 60.8 Å². The molecule has 3 heterocycles. The molecule has 0 bridgehead atoms. The van der Waals surface area contributed by atoms with Crippen LogP contribution in [-0.4, -0.2) is 51.7 Å². The van der Waals surface area contributed by atoms with Gasteiger partial charge in [-0.25, -0.2) is 19.3 Å². The smallest absolute Gasteiger partial charge is 0.223 e. The highest BCUT2D eigenvalue weighted by Crippen LogP contribution is 2.39. The summed E-state index contributed by atoms with van der Waals surface area (Å²) in [6, 6.07) is 16.9. The second kappa shape index (κ2) is 10.5. The van der Waals surface area contributed by atoms with Crippen LogP contribution in [0.3, 0.4) is 0 Å². The molecule has 8 heteroatoms. The van der Waals surface area contributed by atoms with Gasteiger partial charge in [-0.3, -0.25) is 0 Å². The van der Waals surface area contributed by atoms with E-state index in [1.54, 1.807) is 25.4 Å². The summed E-state index contributed by atoms with van der Waals surface area (Å²) in [4.78, 5) is 16.5. The highest BCUT2D eigenvalue weighted by Gasteiger charge is 2.31. The minimum Gasteiger partial charge on any atom is -0.497 e. The molecule has 1 atom stereocenters. The van der Waals surface area contributed by atoms with Crippen molar-refractivity contribution in [3.8, 4) is 28.4 Å². The maximum atomic E-state index is 13.7. The molecule has 5 rings (SSSR count). The first-order chi connectivity index (χ1) is 17.6. The summed E-state index contributed by atoms with van der Waals surface area (Å²) in [7, 11) is 3.83. The second-order valence-corrected chi connectivity index (χ2v) is 9.14. The Kier molecular flexibility index (Phi) is 6.95. The zero-order chi connectivity index (χ0) is 25.1. The lowest BCUT2D eigenvalue weighted by Gasteiger charge is -2.24. The molecule has 0 saturated heterocycles. The number of likely N-dealkylation sites (N-methyl/N-ethyl adjacent to an activating group) is 1. The molecular formula is C28H31FN6O. The SMILES string of the molecule is CCNc1nccc(-c2c(-c3ccc(F)cc3)nc3n2[C@H](CN(C)Cc2cccc(OC)c2)CC3)n1. The monoisotopic (exact) mass is 486 g/mol. The number of rotatable bonds is 9. The molecule has 0 saturated carbocycles. The van der Waals surface area contributed by atoms with Gasteiger partial charge in [0.25, 0.3) is 0 Å². The molecule has 0 fully saturated rings. The lowest BCUT2D eigenvalue weighted by atomic mass is 10.1. The number of fused-ring (bicyclic) bond motifs is 1. The van der Waals surface area contributed by atoms with E-state index in [9.17, 15) is 4.39 Å². The van der Waals surface area contributed by atoms with E-state index < -0.39 is 0 Å². The predicted molar refractivity (Wildman–Crippen MR) is 139 cm³/mol. The topological polar surface area (TPSA) is 68.1 Å². The second-order valence-electron chi connectivity index (χ2n) is 9.14. The number of aryl methyl sites for hydroxylation is 1. The maximum Gasteiger partial charge on any atom is 0.223 e. The van der Waals surface area contributed by atoms with Crippen LogP contribution in [0.4, 0.5) is 10.3 Å². The fourth-order valence-electron chi connectivity index (χ4n) is 4.94. The molecule has 1 N–H and O–H groups in total. The van der Waals surface area contributed by atoms with E-state index in [0.717, 1.165) is 66.7 Å². The molecule has 7 nitrogen and oxygen atoms in total. The Labute approximate surface area is 211 Å². The normalized spacial score (nSPS) is 14.8. The first-order valence-electron chi connectivity index (χ1n) is 12.3. The molecular weight excluding hydrogens is 455 g/mol. The van der Waals surface area contributed by atoms with Gasteiger partial charge in [0.15, 0.2) is 0 Å². The number of hydrogen-bond acceptors (Lipinski definition) is 6. The number of aromatic nitrogens is 4. The number of benzene rings is 2. The number of ether oxygens (including phenoxy) is 1. The zero-order valence-corrected chi connectivity index (χ0v) is 20.9. The van der Waals surface area contributed by atoms with Crippen LogP contribution in [0.1, 0.15) is 30.8 Å². The van der Waals surface area contributed by atoms with Crippen molar-refractivity contribution in [2.45, 2.75) is 32.4 Å². The summed E-state index contributed by atoms with van der Waals surface area (Å²) in [6.45, 7) is 4.43. The van der Waals surface area contributed by atoms with E-state index in [0.29, 0.717) is 5.95 Å². The van der Waals surface area contributed by atoms with Gasteiger partial charge in [0.1, 0.15) is 17.4 Å². The average Bonchev–Trinajstić information content (AvgIpc) is 3.45. The minimum absolute atomic E-state index is 0.241. The van der Waals surface area contributed by atoms with Crippen LogP contribution in [0.25, 0.3) is 22.6 Å². The van der Waals surface area contributed by atoms with Gasteiger partial charge in [0.2, 0.25) is 5.95 Å². The summed E-state index contributed by atoms with van der Waals surface area (Å²) < 4.78 is 21.4. The average molecular weight is 487 g/mol. The maximum absolute atomic E-state index is 13.7. The number of anilines is 1. The summed E-state index contributed by atoms with van der Waals surface area (Å²) in [5.74, 6) is 2.22.